The number of nitrogens with zero attached hydrogens (tertiary/aromatic N) is 1. The minimum atomic E-state index is 0.471. The first-order valence-corrected chi connectivity index (χ1v) is 5.72. The highest BCUT2D eigenvalue weighted by atomic mass is 14.9. The Kier molecular flexibility index (Phi) is 3.26. The lowest BCUT2D eigenvalue weighted by Gasteiger charge is -2.21. The summed E-state index contributed by atoms with van der Waals surface area (Å²) in [7, 11) is 0. The zero-order chi connectivity index (χ0) is 11.4. The molecule has 0 heterocycles. The Labute approximate surface area is 96.6 Å². The fourth-order valence-corrected chi connectivity index (χ4v) is 2.02. The van der Waals surface area contributed by atoms with Crippen molar-refractivity contribution in [3.63, 3.8) is 0 Å². The lowest BCUT2D eigenvalue weighted by molar-refractivity contribution is 0.644. The van der Waals surface area contributed by atoms with E-state index in [-0.39, 0.29) is 0 Å². The summed E-state index contributed by atoms with van der Waals surface area (Å²) in [5.41, 5.74) is 2.90. The van der Waals surface area contributed by atoms with Crippen molar-refractivity contribution in [1.82, 2.24) is 0 Å². The van der Waals surface area contributed by atoms with E-state index in [0.717, 1.165) is 30.5 Å². The van der Waals surface area contributed by atoms with Crippen LogP contribution in [0.5, 0.6) is 0 Å². The first kappa shape index (κ1) is 10.8. The van der Waals surface area contributed by atoms with Gasteiger partial charge >= 0.3 is 0 Å². The van der Waals surface area contributed by atoms with Gasteiger partial charge in [0, 0.05) is 6.04 Å². The van der Waals surface area contributed by atoms with Crippen LogP contribution < -0.4 is 5.32 Å². The zero-order valence-electron chi connectivity index (χ0n) is 9.53. The predicted molar refractivity (Wildman–Crippen MR) is 66.3 cm³/mol. The maximum Gasteiger partial charge on any atom is 0.101 e. The average molecular weight is 212 g/mol. The van der Waals surface area contributed by atoms with Gasteiger partial charge < -0.3 is 5.32 Å². The second-order valence-corrected chi connectivity index (χ2v) is 4.29. The average Bonchev–Trinajstić information content (AvgIpc) is 2.31. The number of hydrogen-bond donors (Lipinski definition) is 1. The molecule has 0 saturated carbocycles. The van der Waals surface area contributed by atoms with Crippen molar-refractivity contribution in [2.75, 3.05) is 5.32 Å². The molecular formula is C14H16N2. The molecule has 2 rings (SSSR count). The first-order valence-electron chi connectivity index (χ1n) is 5.72. The van der Waals surface area contributed by atoms with E-state index in [0.29, 0.717) is 6.04 Å². The number of anilines is 1. The smallest absolute Gasteiger partial charge is 0.101 e. The Morgan fingerprint density at radius 2 is 2.25 bits per heavy atom. The second-order valence-electron chi connectivity index (χ2n) is 4.29. The highest BCUT2D eigenvalue weighted by Crippen LogP contribution is 2.21. The Morgan fingerprint density at radius 1 is 1.38 bits per heavy atom. The van der Waals surface area contributed by atoms with Crippen molar-refractivity contribution in [2.45, 2.75) is 32.2 Å². The van der Waals surface area contributed by atoms with Crippen LogP contribution in [0.15, 0.2) is 30.4 Å². The molecule has 82 valence electrons. The number of nitrogens with one attached hydrogen (secondary N) is 1. The standard InChI is InChI=1S/C14H16N2/c1-11-7-8-12(10-15)14(9-11)16-13-5-3-2-4-6-13/h2-3,7-9,13,16H,4-6H2,1H3. The summed E-state index contributed by atoms with van der Waals surface area (Å²) in [5, 5.41) is 12.5. The third-order valence-corrected chi connectivity index (χ3v) is 2.92. The SMILES string of the molecule is Cc1ccc(C#N)c(NC2CC=CCC2)c1. The van der Waals surface area contributed by atoms with Crippen molar-refractivity contribution < 1.29 is 0 Å². The molecule has 2 nitrogen and oxygen atoms in total. The minimum absolute atomic E-state index is 0.471. The molecule has 16 heavy (non-hydrogen) atoms. The van der Waals surface area contributed by atoms with Crippen LogP contribution in [0.1, 0.15) is 30.4 Å². The molecule has 0 aromatic heterocycles. The molecule has 0 saturated heterocycles. The predicted octanol–water partition coefficient (Wildman–Crippen LogP) is 3.39. The summed E-state index contributed by atoms with van der Waals surface area (Å²) in [6.07, 6.45) is 7.77. The van der Waals surface area contributed by atoms with Crippen LogP contribution in [0, 0.1) is 18.3 Å². The van der Waals surface area contributed by atoms with E-state index >= 15 is 0 Å². The quantitative estimate of drug-likeness (QED) is 0.763. The Hall–Kier alpha value is -1.75. The van der Waals surface area contributed by atoms with Crippen LogP contribution in [-0.4, -0.2) is 6.04 Å². The van der Waals surface area contributed by atoms with E-state index < -0.39 is 0 Å². The number of nitriles is 1. The van der Waals surface area contributed by atoms with Crippen LogP contribution in [0.2, 0.25) is 0 Å². The van der Waals surface area contributed by atoms with Crippen LogP contribution in [0.3, 0.4) is 0 Å². The Bertz CT molecular complexity index is 441. The third kappa shape index (κ3) is 2.43. The van der Waals surface area contributed by atoms with E-state index in [1.807, 2.05) is 19.1 Å². The summed E-state index contributed by atoms with van der Waals surface area (Å²) >= 11 is 0. The summed E-state index contributed by atoms with van der Waals surface area (Å²) in [6.45, 7) is 2.05. The van der Waals surface area contributed by atoms with Gasteiger partial charge in [0.2, 0.25) is 0 Å². The molecule has 1 aromatic rings. The van der Waals surface area contributed by atoms with Crippen molar-refractivity contribution in [3.05, 3.63) is 41.5 Å². The van der Waals surface area contributed by atoms with Crippen LogP contribution in [0.25, 0.3) is 0 Å². The number of benzene rings is 1. The molecule has 0 bridgehead atoms. The summed E-state index contributed by atoms with van der Waals surface area (Å²) in [5.74, 6) is 0. The molecule has 0 aliphatic heterocycles. The summed E-state index contributed by atoms with van der Waals surface area (Å²) in [6, 6.07) is 8.62. The molecular weight excluding hydrogens is 196 g/mol. The Morgan fingerprint density at radius 3 is 2.94 bits per heavy atom. The topological polar surface area (TPSA) is 35.8 Å². The maximum absolute atomic E-state index is 9.03. The second kappa shape index (κ2) is 4.85. The van der Waals surface area contributed by atoms with Gasteiger partial charge in [-0.3, -0.25) is 0 Å². The third-order valence-electron chi connectivity index (χ3n) is 2.92. The molecule has 0 fully saturated rings. The largest absolute Gasteiger partial charge is 0.381 e. The van der Waals surface area contributed by atoms with Crippen LogP contribution in [-0.2, 0) is 0 Å². The molecule has 1 unspecified atom stereocenters. The van der Waals surface area contributed by atoms with Gasteiger partial charge in [-0.15, -0.1) is 0 Å². The van der Waals surface area contributed by atoms with Crippen molar-refractivity contribution >= 4 is 5.69 Å². The molecule has 0 amide bonds. The minimum Gasteiger partial charge on any atom is -0.381 e. The van der Waals surface area contributed by atoms with Gasteiger partial charge in [-0.05, 0) is 43.9 Å². The van der Waals surface area contributed by atoms with Gasteiger partial charge in [-0.2, -0.15) is 5.26 Å². The molecule has 1 atom stereocenters. The monoisotopic (exact) mass is 212 g/mol. The van der Waals surface area contributed by atoms with Crippen LogP contribution >= 0.6 is 0 Å². The Balaban J connectivity index is 2.16. The number of allylic oxidation sites excluding steroid dienone is 1. The fourth-order valence-electron chi connectivity index (χ4n) is 2.02. The molecule has 1 aliphatic carbocycles. The lowest BCUT2D eigenvalue weighted by Crippen LogP contribution is -2.20. The van der Waals surface area contributed by atoms with Gasteiger partial charge in [0.05, 0.1) is 11.3 Å². The van der Waals surface area contributed by atoms with Crippen LogP contribution in [0.4, 0.5) is 5.69 Å². The first-order chi connectivity index (χ1) is 7.79. The number of rotatable bonds is 2. The van der Waals surface area contributed by atoms with Gasteiger partial charge in [0.15, 0.2) is 0 Å². The zero-order valence-corrected chi connectivity index (χ0v) is 9.53. The van der Waals surface area contributed by atoms with E-state index in [4.69, 9.17) is 5.26 Å². The molecule has 1 aliphatic rings. The molecule has 0 spiro atoms. The van der Waals surface area contributed by atoms with Crippen molar-refractivity contribution in [1.29, 1.82) is 5.26 Å². The molecule has 0 radical (unpaired) electrons. The highest BCUT2D eigenvalue weighted by Gasteiger charge is 2.11. The lowest BCUT2D eigenvalue weighted by atomic mass is 10.0. The summed E-state index contributed by atoms with van der Waals surface area (Å²) in [4.78, 5) is 0. The normalized spacial score (nSPS) is 19.1. The molecule has 1 N–H and O–H groups in total. The molecule has 1 aromatic carbocycles. The van der Waals surface area contributed by atoms with Gasteiger partial charge in [-0.25, -0.2) is 0 Å². The maximum atomic E-state index is 9.03. The van der Waals surface area contributed by atoms with Crippen molar-refractivity contribution in [2.24, 2.45) is 0 Å². The van der Waals surface area contributed by atoms with Gasteiger partial charge in [-0.1, -0.05) is 18.2 Å². The number of aryl methyl sites for hydroxylation is 1. The number of hydrogen-bond acceptors (Lipinski definition) is 2. The fraction of sp³-hybridized carbons (Fsp3) is 0.357. The van der Waals surface area contributed by atoms with E-state index in [2.05, 4.69) is 29.6 Å². The van der Waals surface area contributed by atoms with E-state index in [1.165, 1.54) is 5.56 Å². The van der Waals surface area contributed by atoms with Gasteiger partial charge in [0.1, 0.15) is 6.07 Å². The molecule has 2 heteroatoms. The van der Waals surface area contributed by atoms with Gasteiger partial charge in [0.25, 0.3) is 0 Å². The van der Waals surface area contributed by atoms with E-state index in [1.54, 1.807) is 0 Å². The van der Waals surface area contributed by atoms with E-state index in [9.17, 15) is 0 Å². The summed E-state index contributed by atoms with van der Waals surface area (Å²) < 4.78 is 0. The van der Waals surface area contributed by atoms with Crippen molar-refractivity contribution in [3.8, 4) is 6.07 Å². The highest BCUT2D eigenvalue weighted by molar-refractivity contribution is 5.59.